The highest BCUT2D eigenvalue weighted by atomic mass is 35.5. The number of benzene rings is 4. The molecule has 1 heterocycles. The summed E-state index contributed by atoms with van der Waals surface area (Å²) in [6.45, 7) is 0. The summed E-state index contributed by atoms with van der Waals surface area (Å²) in [4.78, 5) is 4.63. The van der Waals surface area contributed by atoms with Crippen molar-refractivity contribution in [3.8, 4) is 11.5 Å². The predicted octanol–water partition coefficient (Wildman–Crippen LogP) is 5.79. The standard InChI is InChI=1S/C25H17ClNO2P/c26-18-15-16-23-22(17-18)27-25(29-23)21-13-7-8-14-24(21)30(28,19-9-3-1-4-10-19)20-11-5-2-6-12-20/h1-17H. The Morgan fingerprint density at radius 3 is 2.00 bits per heavy atom. The van der Waals surface area contributed by atoms with Gasteiger partial charge in [-0.05, 0) is 24.3 Å². The van der Waals surface area contributed by atoms with Crippen LogP contribution in [0, 0.1) is 0 Å². The minimum absolute atomic E-state index is 0.426. The van der Waals surface area contributed by atoms with Gasteiger partial charge in [0.1, 0.15) is 5.52 Å². The Kier molecular flexibility index (Phi) is 4.78. The Morgan fingerprint density at radius 1 is 0.733 bits per heavy atom. The maximum atomic E-state index is 14.8. The fourth-order valence-corrected chi connectivity index (χ4v) is 6.66. The lowest BCUT2D eigenvalue weighted by Crippen LogP contribution is -2.26. The van der Waals surface area contributed by atoms with Crippen molar-refractivity contribution in [1.82, 2.24) is 4.98 Å². The zero-order valence-electron chi connectivity index (χ0n) is 15.9. The lowest BCUT2D eigenvalue weighted by molar-refractivity contribution is 0.592. The SMILES string of the molecule is O=P(c1ccccc1)(c1ccccc1)c1ccccc1-c1nc2cc(Cl)ccc2o1. The molecule has 5 aromatic rings. The molecule has 5 rings (SSSR count). The molecule has 0 aliphatic heterocycles. The van der Waals surface area contributed by atoms with Gasteiger partial charge >= 0.3 is 0 Å². The van der Waals surface area contributed by atoms with E-state index in [1.165, 1.54) is 0 Å². The van der Waals surface area contributed by atoms with E-state index < -0.39 is 7.14 Å². The smallest absolute Gasteiger partial charge is 0.228 e. The molecule has 0 amide bonds. The molecule has 0 N–H and O–H groups in total. The maximum Gasteiger partial charge on any atom is 0.228 e. The Morgan fingerprint density at radius 2 is 1.33 bits per heavy atom. The van der Waals surface area contributed by atoms with Crippen LogP contribution in [0.1, 0.15) is 0 Å². The third kappa shape index (κ3) is 3.17. The first kappa shape index (κ1) is 18.9. The van der Waals surface area contributed by atoms with Gasteiger partial charge in [0.2, 0.25) is 5.89 Å². The second kappa shape index (κ2) is 7.60. The van der Waals surface area contributed by atoms with Crippen LogP contribution in [-0.4, -0.2) is 4.98 Å². The quantitative estimate of drug-likeness (QED) is 0.340. The first-order valence-electron chi connectivity index (χ1n) is 9.53. The van der Waals surface area contributed by atoms with Gasteiger partial charge in [-0.25, -0.2) is 4.98 Å². The molecule has 146 valence electrons. The summed E-state index contributed by atoms with van der Waals surface area (Å²) in [6, 6.07) is 32.1. The van der Waals surface area contributed by atoms with Crippen molar-refractivity contribution < 1.29 is 8.98 Å². The topological polar surface area (TPSA) is 43.1 Å². The number of aromatic nitrogens is 1. The molecule has 0 fully saturated rings. The van der Waals surface area contributed by atoms with Gasteiger partial charge in [0.25, 0.3) is 0 Å². The number of oxazole rings is 1. The van der Waals surface area contributed by atoms with Gasteiger partial charge in [-0.1, -0.05) is 90.5 Å². The molecule has 0 atom stereocenters. The first-order valence-corrected chi connectivity index (χ1v) is 11.6. The number of hydrogen-bond donors (Lipinski definition) is 0. The van der Waals surface area contributed by atoms with Gasteiger partial charge in [0, 0.05) is 26.5 Å². The van der Waals surface area contributed by atoms with Crippen molar-refractivity contribution >= 4 is 45.8 Å². The highest BCUT2D eigenvalue weighted by Gasteiger charge is 2.33. The summed E-state index contributed by atoms with van der Waals surface area (Å²) in [5.41, 5.74) is 2.01. The summed E-state index contributed by atoms with van der Waals surface area (Å²) in [5, 5.41) is 2.82. The Balaban J connectivity index is 1.79. The van der Waals surface area contributed by atoms with E-state index in [2.05, 4.69) is 4.98 Å². The minimum atomic E-state index is -3.16. The summed E-state index contributed by atoms with van der Waals surface area (Å²) in [6.07, 6.45) is 0. The van der Waals surface area contributed by atoms with Crippen molar-refractivity contribution in [2.24, 2.45) is 0 Å². The van der Waals surface area contributed by atoms with E-state index in [1.807, 2.05) is 84.9 Å². The molecule has 3 nitrogen and oxygen atoms in total. The fraction of sp³-hybridized carbons (Fsp3) is 0. The lowest BCUT2D eigenvalue weighted by Gasteiger charge is -2.21. The molecular formula is C25H17ClNO2P. The summed E-state index contributed by atoms with van der Waals surface area (Å²) >= 11 is 6.11. The van der Waals surface area contributed by atoms with Crippen LogP contribution >= 0.6 is 18.7 Å². The molecule has 0 aliphatic rings. The Hall–Kier alpha value is -3.13. The molecule has 0 saturated carbocycles. The zero-order chi connectivity index (χ0) is 20.6. The average molecular weight is 430 g/mol. The Labute approximate surface area is 179 Å². The molecule has 1 aromatic heterocycles. The van der Waals surface area contributed by atoms with Gasteiger partial charge in [0.05, 0.1) is 0 Å². The molecule has 4 aromatic carbocycles. The van der Waals surface area contributed by atoms with E-state index in [-0.39, 0.29) is 0 Å². The Bertz CT molecular complexity index is 1340. The van der Waals surface area contributed by atoms with Crippen LogP contribution in [0.5, 0.6) is 0 Å². The fourth-order valence-electron chi connectivity index (χ4n) is 3.65. The van der Waals surface area contributed by atoms with Crippen molar-refractivity contribution in [3.63, 3.8) is 0 Å². The van der Waals surface area contributed by atoms with Crippen molar-refractivity contribution in [3.05, 3.63) is 108 Å². The average Bonchev–Trinajstić information content (AvgIpc) is 3.23. The highest BCUT2D eigenvalue weighted by Crippen LogP contribution is 2.45. The van der Waals surface area contributed by atoms with Crippen LogP contribution in [0.3, 0.4) is 0 Å². The third-order valence-corrected chi connectivity index (χ3v) is 8.42. The molecular weight excluding hydrogens is 413 g/mol. The summed E-state index contributed by atoms with van der Waals surface area (Å²) < 4.78 is 20.8. The third-order valence-electron chi connectivity index (χ3n) is 5.06. The van der Waals surface area contributed by atoms with Crippen LogP contribution in [0.25, 0.3) is 22.6 Å². The van der Waals surface area contributed by atoms with E-state index in [9.17, 15) is 4.57 Å². The summed E-state index contributed by atoms with van der Waals surface area (Å²) in [7, 11) is -3.16. The molecule has 5 heteroatoms. The van der Waals surface area contributed by atoms with E-state index in [0.717, 1.165) is 10.6 Å². The van der Waals surface area contributed by atoms with E-state index in [0.29, 0.717) is 32.9 Å². The van der Waals surface area contributed by atoms with Crippen molar-refractivity contribution in [1.29, 1.82) is 0 Å². The van der Waals surface area contributed by atoms with Crippen molar-refractivity contribution in [2.75, 3.05) is 0 Å². The van der Waals surface area contributed by atoms with E-state index in [1.54, 1.807) is 18.2 Å². The second-order valence-electron chi connectivity index (χ2n) is 6.93. The monoisotopic (exact) mass is 429 g/mol. The van der Waals surface area contributed by atoms with Crippen LogP contribution in [-0.2, 0) is 4.57 Å². The molecule has 30 heavy (non-hydrogen) atoms. The molecule has 0 unspecified atom stereocenters. The van der Waals surface area contributed by atoms with Gasteiger partial charge in [0.15, 0.2) is 12.7 Å². The molecule has 0 spiro atoms. The second-order valence-corrected chi connectivity index (χ2v) is 10.1. The highest BCUT2D eigenvalue weighted by molar-refractivity contribution is 7.85. The molecule has 0 bridgehead atoms. The summed E-state index contributed by atoms with van der Waals surface area (Å²) in [5.74, 6) is 0.426. The number of rotatable bonds is 4. The van der Waals surface area contributed by atoms with E-state index >= 15 is 0 Å². The van der Waals surface area contributed by atoms with Crippen LogP contribution in [0.4, 0.5) is 0 Å². The van der Waals surface area contributed by atoms with Gasteiger partial charge in [-0.3, -0.25) is 0 Å². The number of nitrogens with zero attached hydrogens (tertiary/aromatic N) is 1. The molecule has 0 saturated heterocycles. The lowest BCUT2D eigenvalue weighted by atomic mass is 10.2. The maximum absolute atomic E-state index is 14.8. The van der Waals surface area contributed by atoms with Gasteiger partial charge in [-0.2, -0.15) is 0 Å². The zero-order valence-corrected chi connectivity index (χ0v) is 17.6. The first-order chi connectivity index (χ1) is 14.7. The van der Waals surface area contributed by atoms with Crippen molar-refractivity contribution in [2.45, 2.75) is 0 Å². The van der Waals surface area contributed by atoms with E-state index in [4.69, 9.17) is 16.0 Å². The van der Waals surface area contributed by atoms with Crippen LogP contribution < -0.4 is 15.9 Å². The minimum Gasteiger partial charge on any atom is -0.436 e. The normalized spacial score (nSPS) is 11.6. The number of fused-ring (bicyclic) bond motifs is 1. The van der Waals surface area contributed by atoms with Crippen LogP contribution in [0.2, 0.25) is 5.02 Å². The molecule has 0 radical (unpaired) electrons. The van der Waals surface area contributed by atoms with Gasteiger partial charge < -0.3 is 8.98 Å². The predicted molar refractivity (Wildman–Crippen MR) is 124 cm³/mol. The number of halogens is 1. The molecule has 0 aliphatic carbocycles. The number of hydrogen-bond acceptors (Lipinski definition) is 3. The van der Waals surface area contributed by atoms with Gasteiger partial charge in [-0.15, -0.1) is 0 Å². The largest absolute Gasteiger partial charge is 0.436 e. The van der Waals surface area contributed by atoms with Crippen LogP contribution in [0.15, 0.2) is 108 Å².